The zero-order valence-corrected chi connectivity index (χ0v) is 17.5. The molecule has 0 radical (unpaired) electrons. The van der Waals surface area contributed by atoms with Gasteiger partial charge in [0.2, 0.25) is 0 Å². The zero-order valence-electron chi connectivity index (χ0n) is 16.7. The van der Waals surface area contributed by atoms with Crippen LogP contribution in [0.5, 0.6) is 5.75 Å². The number of nitrogens with zero attached hydrogens (tertiary/aromatic N) is 2. The van der Waals surface area contributed by atoms with E-state index in [1.807, 2.05) is 28.4 Å². The van der Waals surface area contributed by atoms with Crippen molar-refractivity contribution in [2.45, 2.75) is 43.8 Å². The number of likely N-dealkylation sites (tertiary alicyclic amines) is 1. The fraction of sp³-hybridized carbons (Fsp3) is 0.545. The van der Waals surface area contributed by atoms with E-state index in [0.29, 0.717) is 6.61 Å². The smallest absolute Gasteiger partial charge is 0.251 e. The minimum absolute atomic E-state index is 0.154. The van der Waals surface area contributed by atoms with Gasteiger partial charge in [0.05, 0.1) is 36.1 Å². The van der Waals surface area contributed by atoms with E-state index in [2.05, 4.69) is 11.1 Å². The Labute approximate surface area is 174 Å². The molecule has 2 saturated heterocycles. The highest BCUT2D eigenvalue weighted by Crippen LogP contribution is 2.46. The first-order valence-electron chi connectivity index (χ1n) is 10.4. The second-order valence-corrected chi connectivity index (χ2v) is 9.09. The lowest BCUT2D eigenvalue weighted by Gasteiger charge is -2.44. The molecule has 2 aromatic rings. The van der Waals surface area contributed by atoms with Gasteiger partial charge in [-0.3, -0.25) is 9.78 Å². The monoisotopic (exact) mass is 414 g/mol. The van der Waals surface area contributed by atoms with Gasteiger partial charge in [0.25, 0.3) is 5.91 Å². The lowest BCUT2D eigenvalue weighted by molar-refractivity contribution is -0.149. The van der Waals surface area contributed by atoms with E-state index in [9.17, 15) is 4.79 Å². The van der Waals surface area contributed by atoms with Crippen LogP contribution >= 0.6 is 11.3 Å². The van der Waals surface area contributed by atoms with Crippen LogP contribution in [0, 0.1) is 0 Å². The van der Waals surface area contributed by atoms with Crippen LogP contribution in [-0.2, 0) is 26.3 Å². The summed E-state index contributed by atoms with van der Waals surface area (Å²) in [6, 6.07) is 6.21. The van der Waals surface area contributed by atoms with Gasteiger partial charge >= 0.3 is 0 Å². The molecule has 5 heterocycles. The maximum atomic E-state index is 12.7. The molecule has 29 heavy (non-hydrogen) atoms. The number of hydrogen-bond acceptors (Lipinski definition) is 6. The number of aromatic nitrogens is 1. The number of piperidine rings is 1. The van der Waals surface area contributed by atoms with E-state index in [4.69, 9.17) is 14.2 Å². The molecule has 0 saturated carbocycles. The Bertz CT molecular complexity index is 881. The maximum Gasteiger partial charge on any atom is 0.251 e. The van der Waals surface area contributed by atoms with Gasteiger partial charge in [-0.25, -0.2) is 0 Å². The molecular formula is C22H26N2O4S. The van der Waals surface area contributed by atoms with Crippen molar-refractivity contribution in [3.05, 3.63) is 34.8 Å². The lowest BCUT2D eigenvalue weighted by atomic mass is 9.82. The fourth-order valence-electron chi connectivity index (χ4n) is 4.67. The molecule has 1 unspecified atom stereocenters. The molecule has 6 nitrogen and oxygen atoms in total. The Morgan fingerprint density at radius 2 is 2.17 bits per heavy atom. The van der Waals surface area contributed by atoms with Crippen LogP contribution in [0.3, 0.4) is 0 Å². The molecule has 5 rings (SSSR count). The van der Waals surface area contributed by atoms with Gasteiger partial charge in [-0.05, 0) is 49.4 Å². The highest BCUT2D eigenvalue weighted by molar-refractivity contribution is 7.15. The molecule has 3 aliphatic rings. The number of hydrogen-bond donors (Lipinski definition) is 0. The number of methoxy groups -OCH3 is 1. The Kier molecular flexibility index (Phi) is 5.05. The SMILES string of the molecule is COc1ccc(-c2cc3c(s2)CCOC32CCN(C(=O)C3CCCO3)CC2)nc1. The van der Waals surface area contributed by atoms with Crippen LogP contribution in [0.15, 0.2) is 24.4 Å². The van der Waals surface area contributed by atoms with Gasteiger partial charge in [0.1, 0.15) is 11.9 Å². The molecule has 1 atom stereocenters. The largest absolute Gasteiger partial charge is 0.495 e. The van der Waals surface area contributed by atoms with Gasteiger partial charge in [0.15, 0.2) is 0 Å². The number of fused-ring (bicyclic) bond motifs is 2. The van der Waals surface area contributed by atoms with Gasteiger partial charge in [-0.2, -0.15) is 0 Å². The van der Waals surface area contributed by atoms with Crippen molar-refractivity contribution < 1.29 is 19.0 Å². The highest BCUT2D eigenvalue weighted by atomic mass is 32.1. The molecule has 7 heteroatoms. The highest BCUT2D eigenvalue weighted by Gasteiger charge is 2.43. The standard InChI is InChI=1S/C22H26N2O4S/c1-26-15-4-5-17(23-14-15)20-13-16-19(29-20)6-12-28-22(16)7-9-24(10-8-22)21(25)18-3-2-11-27-18/h4-5,13-14,18H,2-3,6-12H2,1H3. The number of amides is 1. The fourth-order valence-corrected chi connectivity index (χ4v) is 5.88. The Hall–Kier alpha value is -1.96. The van der Waals surface area contributed by atoms with Crippen molar-refractivity contribution in [3.8, 4) is 16.3 Å². The van der Waals surface area contributed by atoms with Crippen molar-refractivity contribution in [2.75, 3.05) is 33.4 Å². The van der Waals surface area contributed by atoms with E-state index in [0.717, 1.165) is 63.2 Å². The summed E-state index contributed by atoms with van der Waals surface area (Å²) in [6.07, 6.45) is 5.98. The van der Waals surface area contributed by atoms with Gasteiger partial charge in [-0.15, -0.1) is 11.3 Å². The molecule has 2 aromatic heterocycles. The summed E-state index contributed by atoms with van der Waals surface area (Å²) in [5.41, 5.74) is 1.99. The topological polar surface area (TPSA) is 60.9 Å². The van der Waals surface area contributed by atoms with Crippen molar-refractivity contribution >= 4 is 17.2 Å². The summed E-state index contributed by atoms with van der Waals surface area (Å²) in [6.45, 7) is 2.90. The Morgan fingerprint density at radius 1 is 1.31 bits per heavy atom. The number of rotatable bonds is 3. The number of carbonyl (C=O) groups is 1. The van der Waals surface area contributed by atoms with Crippen LogP contribution in [0.4, 0.5) is 0 Å². The molecule has 0 N–H and O–H groups in total. The number of pyridine rings is 1. The second-order valence-electron chi connectivity index (χ2n) is 7.95. The van der Waals surface area contributed by atoms with E-state index in [1.165, 1.54) is 15.3 Å². The van der Waals surface area contributed by atoms with Crippen LogP contribution in [0.2, 0.25) is 0 Å². The molecule has 0 bridgehead atoms. The van der Waals surface area contributed by atoms with Crippen LogP contribution in [-0.4, -0.2) is 55.3 Å². The number of thiophene rings is 1. The van der Waals surface area contributed by atoms with Gasteiger partial charge < -0.3 is 19.1 Å². The average Bonchev–Trinajstić information content (AvgIpc) is 3.45. The summed E-state index contributed by atoms with van der Waals surface area (Å²) < 4.78 is 17.2. The summed E-state index contributed by atoms with van der Waals surface area (Å²) in [5.74, 6) is 0.917. The molecule has 2 fully saturated rings. The number of carbonyl (C=O) groups excluding carboxylic acids is 1. The molecule has 1 spiro atoms. The second kappa shape index (κ2) is 7.70. The van der Waals surface area contributed by atoms with Crippen molar-refractivity contribution in [3.63, 3.8) is 0 Å². The van der Waals surface area contributed by atoms with E-state index in [-0.39, 0.29) is 17.6 Å². The van der Waals surface area contributed by atoms with E-state index >= 15 is 0 Å². The summed E-state index contributed by atoms with van der Waals surface area (Å²) in [4.78, 5) is 21.8. The first-order chi connectivity index (χ1) is 14.2. The van der Waals surface area contributed by atoms with Gasteiger partial charge in [-0.1, -0.05) is 0 Å². The summed E-state index contributed by atoms with van der Waals surface area (Å²) in [5, 5.41) is 0. The average molecular weight is 415 g/mol. The van der Waals surface area contributed by atoms with Crippen LogP contribution in [0.25, 0.3) is 10.6 Å². The molecular weight excluding hydrogens is 388 g/mol. The molecule has 0 aliphatic carbocycles. The van der Waals surface area contributed by atoms with Crippen LogP contribution < -0.4 is 4.74 Å². The number of ether oxygens (including phenoxy) is 3. The van der Waals surface area contributed by atoms with Crippen LogP contribution in [0.1, 0.15) is 36.1 Å². The summed E-state index contributed by atoms with van der Waals surface area (Å²) in [7, 11) is 1.65. The quantitative estimate of drug-likeness (QED) is 0.771. The zero-order chi connectivity index (χ0) is 19.8. The first-order valence-corrected chi connectivity index (χ1v) is 11.2. The third-order valence-electron chi connectivity index (χ3n) is 6.32. The Morgan fingerprint density at radius 3 is 2.86 bits per heavy atom. The third kappa shape index (κ3) is 3.45. The normalized spacial score (nSPS) is 23.2. The molecule has 3 aliphatic heterocycles. The predicted molar refractivity (Wildman–Crippen MR) is 110 cm³/mol. The molecule has 1 amide bonds. The maximum absolute atomic E-state index is 12.7. The van der Waals surface area contributed by atoms with Crippen molar-refractivity contribution in [1.82, 2.24) is 9.88 Å². The first kappa shape index (κ1) is 19.0. The lowest BCUT2D eigenvalue weighted by Crippen LogP contribution is -2.50. The third-order valence-corrected chi connectivity index (χ3v) is 7.54. The minimum Gasteiger partial charge on any atom is -0.495 e. The molecule has 154 valence electrons. The van der Waals surface area contributed by atoms with E-state index < -0.39 is 0 Å². The van der Waals surface area contributed by atoms with Crippen molar-refractivity contribution in [1.29, 1.82) is 0 Å². The van der Waals surface area contributed by atoms with Gasteiger partial charge in [0, 0.05) is 31.0 Å². The summed E-state index contributed by atoms with van der Waals surface area (Å²) >= 11 is 1.81. The predicted octanol–water partition coefficient (Wildman–Crippen LogP) is 3.39. The minimum atomic E-state index is -0.276. The Balaban J connectivity index is 1.35. The molecule has 0 aromatic carbocycles. The van der Waals surface area contributed by atoms with E-state index in [1.54, 1.807) is 13.3 Å². The van der Waals surface area contributed by atoms with Crippen molar-refractivity contribution in [2.24, 2.45) is 0 Å².